The third kappa shape index (κ3) is 1.11. The summed E-state index contributed by atoms with van der Waals surface area (Å²) in [5.41, 5.74) is 6.92. The summed E-state index contributed by atoms with van der Waals surface area (Å²) in [6.07, 6.45) is 0.459. The number of aromatic nitrogens is 3. The van der Waals surface area contributed by atoms with Crippen LogP contribution >= 0.6 is 11.5 Å². The van der Waals surface area contributed by atoms with Gasteiger partial charge in [-0.1, -0.05) is 9.64 Å². The number of carbonyl (C=O) groups is 1. The molecule has 0 radical (unpaired) electrons. The van der Waals surface area contributed by atoms with Crippen LogP contribution in [0, 0.1) is 0 Å². The fraction of sp³-hybridized carbons (Fsp3) is 0.250. The van der Waals surface area contributed by atoms with Gasteiger partial charge in [-0.2, -0.15) is 0 Å². The molecule has 0 saturated heterocycles. The molecule has 2 heterocycles. The normalized spacial score (nSPS) is 17.9. The van der Waals surface area contributed by atoms with Gasteiger partial charge in [0.1, 0.15) is 4.88 Å². The van der Waals surface area contributed by atoms with Gasteiger partial charge in [-0.25, -0.2) is 4.79 Å². The highest BCUT2D eigenvalue weighted by molar-refractivity contribution is 7.09. The van der Waals surface area contributed by atoms with Crippen LogP contribution in [0.1, 0.15) is 27.8 Å². The first-order valence-electron chi connectivity index (χ1n) is 4.48. The van der Waals surface area contributed by atoms with Crippen LogP contribution in [-0.4, -0.2) is 25.8 Å². The zero-order valence-corrected chi connectivity index (χ0v) is 8.69. The molecule has 8 heteroatoms. The highest BCUT2D eigenvalue weighted by Gasteiger charge is 2.34. The van der Waals surface area contributed by atoms with E-state index in [-0.39, 0.29) is 5.69 Å². The zero-order valence-electron chi connectivity index (χ0n) is 7.88. The number of fused-ring (bicyclic) bond motifs is 3. The van der Waals surface area contributed by atoms with Gasteiger partial charge >= 0.3 is 5.97 Å². The van der Waals surface area contributed by atoms with Gasteiger partial charge in [-0.15, -0.1) is 5.10 Å². The Bertz CT molecular complexity index is 576. The molecule has 0 fully saturated rings. The molecule has 1 unspecified atom stereocenters. The second kappa shape index (κ2) is 3.09. The summed E-state index contributed by atoms with van der Waals surface area (Å²) in [5, 5.41) is 16.4. The lowest BCUT2D eigenvalue weighted by atomic mass is 9.94. The van der Waals surface area contributed by atoms with Crippen LogP contribution in [0.2, 0.25) is 0 Å². The zero-order chi connectivity index (χ0) is 11.3. The van der Waals surface area contributed by atoms with Gasteiger partial charge in [0, 0.05) is 12.5 Å². The van der Waals surface area contributed by atoms with E-state index in [1.165, 1.54) is 0 Å². The summed E-state index contributed by atoms with van der Waals surface area (Å²) in [7, 11) is 0. The Morgan fingerprint density at radius 3 is 3.19 bits per heavy atom. The number of carboxylic acid groups (broad SMARTS) is 1. The van der Waals surface area contributed by atoms with E-state index in [1.807, 2.05) is 0 Å². The van der Waals surface area contributed by atoms with Crippen LogP contribution in [-0.2, 0) is 6.42 Å². The molecule has 2 aromatic rings. The van der Waals surface area contributed by atoms with Crippen molar-refractivity contribution in [3.05, 3.63) is 17.0 Å². The molecule has 0 saturated carbocycles. The Morgan fingerprint density at radius 1 is 1.62 bits per heavy atom. The van der Waals surface area contributed by atoms with E-state index in [0.717, 1.165) is 22.1 Å². The minimum Gasteiger partial charge on any atom is -0.476 e. The monoisotopic (exact) mass is 238 g/mol. The van der Waals surface area contributed by atoms with E-state index in [0.29, 0.717) is 17.7 Å². The van der Waals surface area contributed by atoms with Crippen LogP contribution in [0.25, 0.3) is 10.6 Å². The van der Waals surface area contributed by atoms with Crippen molar-refractivity contribution in [2.45, 2.75) is 12.5 Å². The van der Waals surface area contributed by atoms with Crippen LogP contribution in [0.3, 0.4) is 0 Å². The number of nitrogens with two attached hydrogens (primary N) is 1. The maximum Gasteiger partial charge on any atom is 0.358 e. The third-order valence-electron chi connectivity index (χ3n) is 2.48. The van der Waals surface area contributed by atoms with Crippen molar-refractivity contribution < 1.29 is 14.4 Å². The minimum absolute atomic E-state index is 0.124. The standard InChI is InChI=1S/C8H6N4O3S/c9-2-1-3-7(16-12-10-3)6-4(2)5(8(13)14)11-15-6/h2H,1,9H2,(H,13,14). The summed E-state index contributed by atoms with van der Waals surface area (Å²) in [4.78, 5) is 11.6. The Kier molecular flexibility index (Phi) is 1.82. The SMILES string of the molecule is NC1Cc2nnsc2-c2onc(C(=O)O)c21. The lowest BCUT2D eigenvalue weighted by Gasteiger charge is -2.15. The highest BCUT2D eigenvalue weighted by atomic mass is 32.1. The van der Waals surface area contributed by atoms with Gasteiger partial charge in [0.05, 0.1) is 11.3 Å². The number of nitrogens with zero attached hydrogens (tertiary/aromatic N) is 3. The van der Waals surface area contributed by atoms with Crippen molar-refractivity contribution in [2.24, 2.45) is 5.73 Å². The molecular formula is C8H6N4O3S. The van der Waals surface area contributed by atoms with Crippen molar-refractivity contribution in [1.29, 1.82) is 0 Å². The van der Waals surface area contributed by atoms with Crippen molar-refractivity contribution in [2.75, 3.05) is 0 Å². The van der Waals surface area contributed by atoms with Gasteiger partial charge in [-0.05, 0) is 11.5 Å². The molecule has 0 spiro atoms. The fourth-order valence-corrected chi connectivity index (χ4v) is 2.46. The fourth-order valence-electron chi connectivity index (χ4n) is 1.78. The molecule has 3 N–H and O–H groups in total. The molecule has 7 nitrogen and oxygen atoms in total. The lowest BCUT2D eigenvalue weighted by Crippen LogP contribution is -2.20. The van der Waals surface area contributed by atoms with E-state index in [1.54, 1.807) is 0 Å². The number of hydrogen-bond acceptors (Lipinski definition) is 7. The van der Waals surface area contributed by atoms with Gasteiger partial charge < -0.3 is 15.4 Å². The molecule has 16 heavy (non-hydrogen) atoms. The van der Waals surface area contributed by atoms with Crippen LogP contribution in [0.5, 0.6) is 0 Å². The second-order valence-electron chi connectivity index (χ2n) is 3.44. The number of hydrogen-bond donors (Lipinski definition) is 2. The molecule has 82 valence electrons. The summed E-state index contributed by atoms with van der Waals surface area (Å²) >= 11 is 1.15. The van der Waals surface area contributed by atoms with E-state index in [9.17, 15) is 4.79 Å². The smallest absolute Gasteiger partial charge is 0.358 e. The van der Waals surface area contributed by atoms with Crippen molar-refractivity contribution in [1.82, 2.24) is 14.7 Å². The van der Waals surface area contributed by atoms with Gasteiger partial charge in [0.15, 0.2) is 11.5 Å². The lowest BCUT2D eigenvalue weighted by molar-refractivity contribution is 0.0684. The first kappa shape index (κ1) is 9.43. The van der Waals surface area contributed by atoms with Crippen molar-refractivity contribution in [3.8, 4) is 10.6 Å². The number of rotatable bonds is 1. The van der Waals surface area contributed by atoms with E-state index in [4.69, 9.17) is 15.4 Å². The topological polar surface area (TPSA) is 115 Å². The maximum atomic E-state index is 10.9. The van der Waals surface area contributed by atoms with Crippen LogP contribution < -0.4 is 5.73 Å². The first-order valence-corrected chi connectivity index (χ1v) is 5.26. The molecule has 0 amide bonds. The minimum atomic E-state index is -1.14. The van der Waals surface area contributed by atoms with Crippen molar-refractivity contribution >= 4 is 17.5 Å². The van der Waals surface area contributed by atoms with E-state index < -0.39 is 12.0 Å². The Labute approximate surface area is 93.0 Å². The van der Waals surface area contributed by atoms with Crippen LogP contribution in [0.4, 0.5) is 0 Å². The first-order chi connectivity index (χ1) is 7.68. The summed E-state index contributed by atoms with van der Waals surface area (Å²) < 4.78 is 8.82. The summed E-state index contributed by atoms with van der Waals surface area (Å²) in [5.74, 6) is -0.748. The van der Waals surface area contributed by atoms with Gasteiger partial charge in [-0.3, -0.25) is 0 Å². The Balaban J connectivity index is 2.27. The average Bonchev–Trinajstić information content (AvgIpc) is 2.80. The largest absolute Gasteiger partial charge is 0.476 e. The summed E-state index contributed by atoms with van der Waals surface area (Å²) in [6.45, 7) is 0. The van der Waals surface area contributed by atoms with Crippen LogP contribution in [0.15, 0.2) is 4.52 Å². The number of aromatic carboxylic acids is 1. The predicted octanol–water partition coefficient (Wildman–Crippen LogP) is 0.447. The molecule has 0 bridgehead atoms. The predicted molar refractivity (Wildman–Crippen MR) is 53.0 cm³/mol. The van der Waals surface area contributed by atoms with E-state index >= 15 is 0 Å². The Hall–Kier alpha value is -1.80. The Morgan fingerprint density at radius 2 is 2.44 bits per heavy atom. The molecular weight excluding hydrogens is 232 g/mol. The molecule has 0 aliphatic heterocycles. The van der Waals surface area contributed by atoms with Gasteiger partial charge in [0.25, 0.3) is 0 Å². The number of carboxylic acids is 1. The summed E-state index contributed by atoms with van der Waals surface area (Å²) in [6, 6.07) is -0.455. The average molecular weight is 238 g/mol. The quantitative estimate of drug-likeness (QED) is 0.740. The molecule has 0 aromatic carbocycles. The molecule has 3 rings (SSSR count). The van der Waals surface area contributed by atoms with Crippen molar-refractivity contribution in [3.63, 3.8) is 0 Å². The molecule has 1 aliphatic rings. The second-order valence-corrected chi connectivity index (χ2v) is 4.19. The molecule has 1 aliphatic carbocycles. The van der Waals surface area contributed by atoms with E-state index in [2.05, 4.69) is 14.7 Å². The maximum absolute atomic E-state index is 10.9. The molecule has 2 aromatic heterocycles. The molecule has 1 atom stereocenters. The third-order valence-corrected chi connectivity index (χ3v) is 3.24. The highest BCUT2D eigenvalue weighted by Crippen LogP contribution is 2.40. The van der Waals surface area contributed by atoms with Gasteiger partial charge in [0.2, 0.25) is 0 Å².